The lowest BCUT2D eigenvalue weighted by Gasteiger charge is -2.23. The number of nitrogens with one attached hydrogen (secondary N) is 1. The number of benzene rings is 1. The van der Waals surface area contributed by atoms with E-state index in [1.54, 1.807) is 0 Å². The first-order valence-corrected chi connectivity index (χ1v) is 7.19. The van der Waals surface area contributed by atoms with Gasteiger partial charge in [-0.05, 0) is 5.56 Å². The summed E-state index contributed by atoms with van der Waals surface area (Å²) in [6.07, 6.45) is 0.192. The highest BCUT2D eigenvalue weighted by molar-refractivity contribution is 6.40. The van der Waals surface area contributed by atoms with Gasteiger partial charge in [-0.25, -0.2) is 5.01 Å². The molecule has 1 aliphatic heterocycles. The predicted octanol–water partition coefficient (Wildman–Crippen LogP) is -1.38. The smallest absolute Gasteiger partial charge is 0.268 e. The Labute approximate surface area is 137 Å². The highest BCUT2D eigenvalue weighted by atomic mass is 16.2. The summed E-state index contributed by atoms with van der Waals surface area (Å²) < 4.78 is 0. The van der Waals surface area contributed by atoms with Crippen molar-refractivity contribution >= 4 is 29.3 Å². The van der Waals surface area contributed by atoms with Gasteiger partial charge in [0.25, 0.3) is 5.91 Å². The molecule has 0 radical (unpaired) electrons. The van der Waals surface area contributed by atoms with Crippen molar-refractivity contribution in [1.82, 2.24) is 10.3 Å². The molecule has 1 heterocycles. The molecule has 1 aromatic rings. The molecule has 0 saturated heterocycles. The normalized spacial score (nSPS) is 14.3. The lowest BCUT2D eigenvalue weighted by molar-refractivity contribution is -0.134. The highest BCUT2D eigenvalue weighted by Gasteiger charge is 2.29. The molecule has 0 spiro atoms. The molecule has 1 aromatic carbocycles. The van der Waals surface area contributed by atoms with Crippen LogP contribution in [0.5, 0.6) is 0 Å². The molecule has 0 fully saturated rings. The van der Waals surface area contributed by atoms with E-state index in [1.807, 2.05) is 30.3 Å². The highest BCUT2D eigenvalue weighted by Crippen LogP contribution is 2.13. The summed E-state index contributed by atoms with van der Waals surface area (Å²) in [5.41, 5.74) is 10.9. The maximum Gasteiger partial charge on any atom is 0.268 e. The first-order chi connectivity index (χ1) is 11.4. The summed E-state index contributed by atoms with van der Waals surface area (Å²) in [5, 5.41) is 7.32. The number of carbonyl (C=O) groups is 4. The third-order valence-electron chi connectivity index (χ3n) is 3.39. The number of amides is 4. The van der Waals surface area contributed by atoms with Gasteiger partial charge >= 0.3 is 0 Å². The fourth-order valence-electron chi connectivity index (χ4n) is 2.14. The van der Waals surface area contributed by atoms with Crippen LogP contribution in [-0.2, 0) is 25.7 Å². The lowest BCUT2D eigenvalue weighted by Crippen LogP contribution is -2.54. The summed E-state index contributed by atoms with van der Waals surface area (Å²) in [6.45, 7) is 0.214. The Bertz CT molecular complexity index is 687. The van der Waals surface area contributed by atoms with Crippen LogP contribution in [0.4, 0.5) is 0 Å². The Morgan fingerprint density at radius 3 is 2.33 bits per heavy atom. The Morgan fingerprint density at radius 2 is 1.75 bits per heavy atom. The van der Waals surface area contributed by atoms with Crippen molar-refractivity contribution in [2.24, 2.45) is 16.6 Å². The number of hydrogen-bond donors (Lipinski definition) is 3. The van der Waals surface area contributed by atoms with E-state index in [0.29, 0.717) is 0 Å². The fraction of sp³-hybridized carbons (Fsp3) is 0.267. The van der Waals surface area contributed by atoms with Crippen LogP contribution < -0.4 is 16.8 Å². The first-order valence-electron chi connectivity index (χ1n) is 7.19. The Hall–Kier alpha value is -3.23. The second-order valence-corrected chi connectivity index (χ2v) is 5.19. The fourth-order valence-corrected chi connectivity index (χ4v) is 2.14. The molecule has 0 atom stereocenters. The second kappa shape index (κ2) is 7.36. The Kier molecular flexibility index (Phi) is 5.25. The zero-order chi connectivity index (χ0) is 17.7. The molecule has 0 aromatic heterocycles. The van der Waals surface area contributed by atoms with Gasteiger partial charge in [-0.3, -0.25) is 19.2 Å². The van der Waals surface area contributed by atoms with Crippen molar-refractivity contribution in [2.75, 3.05) is 0 Å². The van der Waals surface area contributed by atoms with Gasteiger partial charge in [0, 0.05) is 12.8 Å². The van der Waals surface area contributed by atoms with Gasteiger partial charge in [0.05, 0.1) is 6.54 Å². The molecular weight excluding hydrogens is 314 g/mol. The van der Waals surface area contributed by atoms with Gasteiger partial charge in [0.15, 0.2) is 6.04 Å². The maximum absolute atomic E-state index is 12.1. The van der Waals surface area contributed by atoms with Crippen LogP contribution in [0.1, 0.15) is 18.4 Å². The van der Waals surface area contributed by atoms with Crippen molar-refractivity contribution in [3.05, 3.63) is 35.9 Å². The lowest BCUT2D eigenvalue weighted by atomic mass is 10.1. The third-order valence-corrected chi connectivity index (χ3v) is 3.39. The van der Waals surface area contributed by atoms with Crippen LogP contribution >= 0.6 is 0 Å². The van der Waals surface area contributed by atoms with Gasteiger partial charge in [-0.1, -0.05) is 30.3 Å². The number of hydrogen-bond acceptors (Lipinski definition) is 5. The minimum atomic E-state index is -1.62. The minimum Gasteiger partial charge on any atom is -0.367 e. The SMILES string of the molecule is NC(=O)C(NC(=O)C1=NN(Cc2ccccc2)C(=O)CC1)C(N)=O. The van der Waals surface area contributed by atoms with Crippen LogP contribution in [0.3, 0.4) is 0 Å². The standard InChI is InChI=1S/C15H17N5O4/c16-13(22)12(14(17)23)18-15(24)10-6-7-11(21)20(19-10)8-9-4-2-1-3-5-9/h1-5,12H,6-8H2,(H2,16,22)(H2,17,23)(H,18,24). The van der Waals surface area contributed by atoms with E-state index in [4.69, 9.17) is 11.5 Å². The van der Waals surface area contributed by atoms with E-state index in [9.17, 15) is 19.2 Å². The number of hydrazone groups is 1. The van der Waals surface area contributed by atoms with Crippen LogP contribution in [0.25, 0.3) is 0 Å². The number of carbonyl (C=O) groups excluding carboxylic acids is 4. The molecule has 9 heteroatoms. The van der Waals surface area contributed by atoms with Gasteiger partial charge in [0.1, 0.15) is 5.71 Å². The van der Waals surface area contributed by atoms with Gasteiger partial charge in [-0.2, -0.15) is 5.10 Å². The zero-order valence-electron chi connectivity index (χ0n) is 12.8. The molecular formula is C15H17N5O4. The zero-order valence-corrected chi connectivity index (χ0v) is 12.8. The molecule has 0 aliphatic carbocycles. The first kappa shape index (κ1) is 17.1. The van der Waals surface area contributed by atoms with E-state index in [-0.39, 0.29) is 31.0 Å². The van der Waals surface area contributed by atoms with Crippen molar-refractivity contribution in [3.8, 4) is 0 Å². The maximum atomic E-state index is 12.1. The molecule has 126 valence electrons. The average Bonchev–Trinajstić information content (AvgIpc) is 2.54. The monoisotopic (exact) mass is 331 g/mol. The molecule has 4 amide bonds. The van der Waals surface area contributed by atoms with E-state index in [0.717, 1.165) is 5.56 Å². The predicted molar refractivity (Wildman–Crippen MR) is 84.0 cm³/mol. The molecule has 0 bridgehead atoms. The van der Waals surface area contributed by atoms with Crippen molar-refractivity contribution in [1.29, 1.82) is 0 Å². The van der Waals surface area contributed by atoms with Crippen LogP contribution in [-0.4, -0.2) is 40.4 Å². The topological polar surface area (TPSA) is 148 Å². The molecule has 0 unspecified atom stereocenters. The van der Waals surface area contributed by atoms with Crippen molar-refractivity contribution in [2.45, 2.75) is 25.4 Å². The van der Waals surface area contributed by atoms with Gasteiger partial charge in [-0.15, -0.1) is 0 Å². The van der Waals surface area contributed by atoms with Crippen LogP contribution in [0.2, 0.25) is 0 Å². The number of nitrogens with two attached hydrogens (primary N) is 2. The average molecular weight is 331 g/mol. The number of primary amides is 2. The molecule has 1 aliphatic rings. The summed E-state index contributed by atoms with van der Waals surface area (Å²) in [6, 6.07) is 7.52. The summed E-state index contributed by atoms with van der Waals surface area (Å²) >= 11 is 0. The van der Waals surface area contributed by atoms with E-state index >= 15 is 0 Å². The second-order valence-electron chi connectivity index (χ2n) is 5.19. The molecule has 2 rings (SSSR count). The molecule has 0 saturated carbocycles. The molecule has 9 nitrogen and oxygen atoms in total. The van der Waals surface area contributed by atoms with Crippen LogP contribution in [0.15, 0.2) is 35.4 Å². The Morgan fingerprint density at radius 1 is 1.12 bits per heavy atom. The van der Waals surface area contributed by atoms with Crippen molar-refractivity contribution in [3.63, 3.8) is 0 Å². The summed E-state index contributed by atoms with van der Waals surface area (Å²) in [5.74, 6) is -3.12. The van der Waals surface area contributed by atoms with Gasteiger partial charge < -0.3 is 16.8 Å². The summed E-state index contributed by atoms with van der Waals surface area (Å²) in [7, 11) is 0. The van der Waals surface area contributed by atoms with E-state index in [2.05, 4.69) is 10.4 Å². The minimum absolute atomic E-state index is 0.0260. The van der Waals surface area contributed by atoms with E-state index < -0.39 is 23.8 Å². The molecule has 24 heavy (non-hydrogen) atoms. The van der Waals surface area contributed by atoms with Crippen LogP contribution in [0, 0.1) is 0 Å². The quantitative estimate of drug-likeness (QED) is 0.551. The largest absolute Gasteiger partial charge is 0.367 e. The van der Waals surface area contributed by atoms with Gasteiger partial charge in [0.2, 0.25) is 17.7 Å². The third kappa shape index (κ3) is 4.15. The summed E-state index contributed by atoms with van der Waals surface area (Å²) in [4.78, 5) is 46.3. The van der Waals surface area contributed by atoms with E-state index in [1.165, 1.54) is 5.01 Å². The number of nitrogens with zero attached hydrogens (tertiary/aromatic N) is 2. The molecule has 5 N–H and O–H groups in total. The Balaban J connectivity index is 2.12. The van der Waals surface area contributed by atoms with Crippen molar-refractivity contribution < 1.29 is 19.2 Å². The number of rotatable bonds is 6.